The predicted octanol–water partition coefficient (Wildman–Crippen LogP) is 6.01. The molecule has 1 aromatic heterocycles. The van der Waals surface area contributed by atoms with Crippen molar-refractivity contribution in [2.45, 2.75) is 26.5 Å². The van der Waals surface area contributed by atoms with Crippen LogP contribution in [0.4, 0.5) is 33.7 Å². The van der Waals surface area contributed by atoms with Gasteiger partial charge in [0.1, 0.15) is 30.3 Å². The van der Waals surface area contributed by atoms with Crippen LogP contribution in [-0.2, 0) is 22.7 Å². The molecule has 0 radical (unpaired) electrons. The fourth-order valence-corrected chi connectivity index (χ4v) is 5.05. The number of halogens is 4. The molecule has 1 aliphatic heterocycles. The highest BCUT2D eigenvalue weighted by Crippen LogP contribution is 2.31. The molecular formula is C29H24F4N6O5S. The number of carbonyl (C=O) groups excluding carboxylic acids is 2. The topological polar surface area (TPSA) is 120 Å². The lowest BCUT2D eigenvalue weighted by molar-refractivity contribution is -0.274. The molecule has 0 saturated carbocycles. The highest BCUT2D eigenvalue weighted by atomic mass is 32.2. The summed E-state index contributed by atoms with van der Waals surface area (Å²) in [6.07, 6.45) is -3.46. The third-order valence-electron chi connectivity index (χ3n) is 6.17. The molecule has 3 aromatic carbocycles. The van der Waals surface area contributed by atoms with E-state index in [2.05, 4.69) is 25.1 Å². The van der Waals surface area contributed by atoms with Crippen LogP contribution < -0.4 is 19.7 Å². The zero-order chi connectivity index (χ0) is 32.1. The normalized spacial score (nSPS) is 14.2. The molecule has 1 fully saturated rings. The second kappa shape index (κ2) is 13.4. The molecule has 234 valence electrons. The number of benzene rings is 3. The largest absolute Gasteiger partial charge is 0.573 e. The summed E-state index contributed by atoms with van der Waals surface area (Å²) in [7, 11) is 1.54. The van der Waals surface area contributed by atoms with Crippen LogP contribution in [0.2, 0.25) is 0 Å². The van der Waals surface area contributed by atoms with E-state index in [9.17, 15) is 27.2 Å². The van der Waals surface area contributed by atoms with Crippen LogP contribution in [0.3, 0.4) is 0 Å². The monoisotopic (exact) mass is 644 g/mol. The van der Waals surface area contributed by atoms with Crippen molar-refractivity contribution in [1.29, 1.82) is 0 Å². The summed E-state index contributed by atoms with van der Waals surface area (Å²) < 4.78 is 67.9. The lowest BCUT2D eigenvalue weighted by atomic mass is 10.1. The molecule has 5 rings (SSSR count). The lowest BCUT2D eigenvalue weighted by Gasteiger charge is -2.20. The van der Waals surface area contributed by atoms with E-state index in [4.69, 9.17) is 9.47 Å². The second-order valence-corrected chi connectivity index (χ2v) is 10.4. The zero-order valence-corrected chi connectivity index (χ0v) is 24.5. The van der Waals surface area contributed by atoms with Crippen LogP contribution >= 0.6 is 11.8 Å². The van der Waals surface area contributed by atoms with Crippen molar-refractivity contribution in [3.8, 4) is 17.2 Å². The number of ether oxygens (including phenoxy) is 3. The Morgan fingerprint density at radius 2 is 1.82 bits per heavy atom. The number of methoxy groups -OCH3 is 1. The number of alkyl halides is 3. The van der Waals surface area contributed by atoms with Crippen LogP contribution in [0.25, 0.3) is 5.69 Å². The van der Waals surface area contributed by atoms with Crippen molar-refractivity contribution in [2.75, 3.05) is 23.1 Å². The number of nitrogens with one attached hydrogen (secondary N) is 1. The molecule has 0 aliphatic carbocycles. The van der Waals surface area contributed by atoms with Crippen molar-refractivity contribution in [2.24, 2.45) is 4.99 Å². The highest BCUT2D eigenvalue weighted by Gasteiger charge is 2.32. The molecule has 0 bridgehead atoms. The Morgan fingerprint density at radius 1 is 1.07 bits per heavy atom. The smallest absolute Gasteiger partial charge is 0.485 e. The van der Waals surface area contributed by atoms with Gasteiger partial charge in [0, 0.05) is 18.7 Å². The fraction of sp³-hybridized carbons (Fsp3) is 0.207. The number of rotatable bonds is 9. The number of urea groups is 1. The van der Waals surface area contributed by atoms with Gasteiger partial charge in [-0.1, -0.05) is 23.9 Å². The Hall–Kier alpha value is -4.96. The fourth-order valence-electron chi connectivity index (χ4n) is 4.19. The molecule has 1 saturated heterocycles. The number of amidine groups is 1. The maximum atomic E-state index is 14.9. The Bertz CT molecular complexity index is 1750. The van der Waals surface area contributed by atoms with E-state index in [-0.39, 0.29) is 53.1 Å². The molecule has 1 N–H and O–H groups in total. The second-order valence-electron chi connectivity index (χ2n) is 9.48. The number of nitrogens with zero attached hydrogens (tertiary/aromatic N) is 5. The number of aliphatic imine (C=N–C) groups is 1. The van der Waals surface area contributed by atoms with Gasteiger partial charge in [0.25, 0.3) is 0 Å². The van der Waals surface area contributed by atoms with Crippen molar-refractivity contribution in [3.63, 3.8) is 0 Å². The van der Waals surface area contributed by atoms with Gasteiger partial charge in [-0.3, -0.25) is 9.69 Å². The molecular weight excluding hydrogens is 620 g/mol. The highest BCUT2D eigenvalue weighted by molar-refractivity contribution is 8.15. The Balaban J connectivity index is 1.21. The van der Waals surface area contributed by atoms with E-state index >= 15 is 0 Å². The molecule has 1 aliphatic rings. The summed E-state index contributed by atoms with van der Waals surface area (Å²) in [5.41, 5.74) is 2.47. The third-order valence-corrected chi connectivity index (χ3v) is 7.09. The van der Waals surface area contributed by atoms with Crippen molar-refractivity contribution in [1.82, 2.24) is 14.8 Å². The maximum absolute atomic E-state index is 14.9. The van der Waals surface area contributed by atoms with Gasteiger partial charge in [-0.25, -0.2) is 18.9 Å². The number of hydrogen-bond donors (Lipinski definition) is 1. The first-order valence-corrected chi connectivity index (χ1v) is 14.1. The number of anilines is 2. The quantitative estimate of drug-likeness (QED) is 0.220. The molecule has 2 heterocycles. The van der Waals surface area contributed by atoms with Gasteiger partial charge in [-0.05, 0) is 55.0 Å². The van der Waals surface area contributed by atoms with Gasteiger partial charge < -0.3 is 19.5 Å². The predicted molar refractivity (Wildman–Crippen MR) is 157 cm³/mol. The lowest BCUT2D eigenvalue weighted by Crippen LogP contribution is -2.31. The van der Waals surface area contributed by atoms with Gasteiger partial charge in [0.2, 0.25) is 5.91 Å². The Labute approximate surface area is 257 Å². The number of aryl methyl sites for hydroxylation is 1. The van der Waals surface area contributed by atoms with Crippen LogP contribution in [0.1, 0.15) is 17.0 Å². The number of thioether (sulfide) groups is 1. The molecule has 4 aromatic rings. The van der Waals surface area contributed by atoms with Gasteiger partial charge in [0.05, 0.1) is 29.4 Å². The summed E-state index contributed by atoms with van der Waals surface area (Å²) in [5.74, 6) is -1.01. The number of carbonyl (C=O) groups is 2. The molecule has 0 atom stereocenters. The first-order valence-electron chi connectivity index (χ1n) is 13.1. The van der Waals surface area contributed by atoms with Crippen LogP contribution in [0, 0.1) is 12.7 Å². The number of aromatic nitrogens is 3. The minimum absolute atomic E-state index is 0.0865. The molecule has 3 amide bonds. The number of hydrogen-bond acceptors (Lipinski definition) is 8. The molecule has 0 unspecified atom stereocenters. The summed E-state index contributed by atoms with van der Waals surface area (Å²) in [6, 6.07) is 13.4. The molecule has 45 heavy (non-hydrogen) atoms. The van der Waals surface area contributed by atoms with E-state index in [1.807, 2.05) is 19.1 Å². The van der Waals surface area contributed by atoms with Crippen molar-refractivity contribution >= 4 is 40.2 Å². The van der Waals surface area contributed by atoms with Crippen molar-refractivity contribution < 1.29 is 41.4 Å². The summed E-state index contributed by atoms with van der Waals surface area (Å²) in [4.78, 5) is 34.9. The minimum atomic E-state index is -4.80. The first kappa shape index (κ1) is 31.5. The van der Waals surface area contributed by atoms with Crippen LogP contribution in [0.15, 0.2) is 72.0 Å². The SMILES string of the molecule is COCc1ccc(C)cc1N1C(=O)CS/C1=N\C(=O)Nc1ccc(OCc2ncn(-c3ccc(OC(F)(F)F)cc3)n2)cc1F. The van der Waals surface area contributed by atoms with Crippen LogP contribution in [-0.4, -0.2) is 51.1 Å². The summed E-state index contributed by atoms with van der Waals surface area (Å²) in [6.45, 7) is 1.98. The summed E-state index contributed by atoms with van der Waals surface area (Å²) in [5, 5.41) is 6.73. The van der Waals surface area contributed by atoms with E-state index in [1.165, 1.54) is 47.3 Å². The Morgan fingerprint density at radius 3 is 2.53 bits per heavy atom. The maximum Gasteiger partial charge on any atom is 0.573 e. The molecule has 16 heteroatoms. The van der Waals surface area contributed by atoms with E-state index < -0.39 is 18.2 Å². The van der Waals surface area contributed by atoms with Gasteiger partial charge in [0.15, 0.2) is 11.0 Å². The summed E-state index contributed by atoms with van der Waals surface area (Å²) >= 11 is 1.09. The Kier molecular flexibility index (Phi) is 9.34. The minimum Gasteiger partial charge on any atom is -0.485 e. The third kappa shape index (κ3) is 7.96. The molecule has 0 spiro atoms. The number of amides is 3. The van der Waals surface area contributed by atoms with Crippen LogP contribution in [0.5, 0.6) is 11.5 Å². The molecule has 11 nitrogen and oxygen atoms in total. The first-order chi connectivity index (χ1) is 21.5. The van der Waals surface area contributed by atoms with Gasteiger partial charge in [-0.2, -0.15) is 4.99 Å². The zero-order valence-electron chi connectivity index (χ0n) is 23.7. The van der Waals surface area contributed by atoms with Crippen molar-refractivity contribution in [3.05, 3.63) is 89.8 Å². The van der Waals surface area contributed by atoms with Gasteiger partial charge >= 0.3 is 12.4 Å². The van der Waals surface area contributed by atoms with E-state index in [0.29, 0.717) is 11.4 Å². The standard InChI is InChI=1S/C29H24F4N6O5S/c1-17-3-4-18(13-42-2)24(11-17)39-26(40)15-45-28(39)36-27(41)35-23-10-9-21(12-22(23)30)43-14-25-34-16-38(37-25)19-5-7-20(8-6-19)44-29(31,32)33/h3-12,16H,13-15H2,1-2H3,(H,35,41)/b36-28-. The van der Waals surface area contributed by atoms with Gasteiger partial charge in [-0.15, -0.1) is 18.3 Å². The van der Waals surface area contributed by atoms with E-state index in [0.717, 1.165) is 41.1 Å². The average Bonchev–Trinajstić information content (AvgIpc) is 3.60. The van der Waals surface area contributed by atoms with E-state index in [1.54, 1.807) is 6.07 Å². The average molecular weight is 645 g/mol.